The number of rotatable bonds is 5. The summed E-state index contributed by atoms with van der Waals surface area (Å²) in [6.45, 7) is 3.71. The molecule has 0 radical (unpaired) electrons. The Morgan fingerprint density at radius 3 is 2.45 bits per heavy atom. The molecule has 1 saturated heterocycles. The minimum Gasteiger partial charge on any atom is -0.497 e. The van der Waals surface area contributed by atoms with Crippen LogP contribution in [0.4, 0.5) is 5.69 Å². The van der Waals surface area contributed by atoms with E-state index in [4.69, 9.17) is 16.3 Å². The standard InChI is InChI=1S/C23H25ClN2O2.ClH/c1-28-22-8-6-21(7-9-22)26-16-17(14-23(26)27)15-25-12-10-19(11-13-25)18-2-4-20(24)5-3-18;/h2-10,17H,11-16H2,1H3;1H. The van der Waals surface area contributed by atoms with Crippen LogP contribution >= 0.6 is 24.0 Å². The molecule has 154 valence electrons. The monoisotopic (exact) mass is 432 g/mol. The van der Waals surface area contributed by atoms with Gasteiger partial charge in [-0.05, 0) is 59.9 Å². The summed E-state index contributed by atoms with van der Waals surface area (Å²) in [5, 5.41) is 0.772. The van der Waals surface area contributed by atoms with Gasteiger partial charge in [0.1, 0.15) is 5.75 Å². The number of carbonyl (C=O) groups excluding carboxylic acids is 1. The molecular formula is C23H26Cl2N2O2. The van der Waals surface area contributed by atoms with Gasteiger partial charge in [-0.15, -0.1) is 12.4 Å². The molecule has 4 rings (SSSR count). The molecule has 6 heteroatoms. The summed E-state index contributed by atoms with van der Waals surface area (Å²) in [4.78, 5) is 16.9. The molecule has 1 atom stereocenters. The molecule has 1 fully saturated rings. The van der Waals surface area contributed by atoms with Gasteiger partial charge in [-0.1, -0.05) is 29.8 Å². The first-order valence-corrected chi connectivity index (χ1v) is 10.1. The molecule has 2 aliphatic heterocycles. The average molecular weight is 433 g/mol. The van der Waals surface area contributed by atoms with Crippen molar-refractivity contribution in [2.24, 2.45) is 5.92 Å². The van der Waals surface area contributed by atoms with Crippen molar-refractivity contribution in [2.45, 2.75) is 12.8 Å². The summed E-state index contributed by atoms with van der Waals surface area (Å²) >= 11 is 5.99. The van der Waals surface area contributed by atoms with Gasteiger partial charge in [0.25, 0.3) is 0 Å². The zero-order valence-corrected chi connectivity index (χ0v) is 18.1. The topological polar surface area (TPSA) is 32.8 Å². The van der Waals surface area contributed by atoms with Gasteiger partial charge < -0.3 is 9.64 Å². The van der Waals surface area contributed by atoms with Gasteiger partial charge in [0.2, 0.25) is 5.91 Å². The Hall–Kier alpha value is -2.01. The van der Waals surface area contributed by atoms with Crippen LogP contribution in [-0.4, -0.2) is 44.1 Å². The fraction of sp³-hybridized carbons (Fsp3) is 0.348. The zero-order valence-electron chi connectivity index (χ0n) is 16.5. The lowest BCUT2D eigenvalue weighted by molar-refractivity contribution is -0.117. The Morgan fingerprint density at radius 1 is 1.10 bits per heavy atom. The minimum absolute atomic E-state index is 0. The maximum absolute atomic E-state index is 12.5. The number of methoxy groups -OCH3 is 1. The average Bonchev–Trinajstić information content (AvgIpc) is 3.09. The number of halogens is 2. The van der Waals surface area contributed by atoms with Crippen LogP contribution in [0.5, 0.6) is 5.75 Å². The third-order valence-corrected chi connectivity index (χ3v) is 5.87. The Labute approximate surface area is 183 Å². The SMILES string of the molecule is COc1ccc(N2CC(CN3CC=C(c4ccc(Cl)cc4)CC3)CC2=O)cc1.Cl. The summed E-state index contributed by atoms with van der Waals surface area (Å²) in [6.07, 6.45) is 3.96. The Morgan fingerprint density at radius 2 is 1.83 bits per heavy atom. The van der Waals surface area contributed by atoms with E-state index < -0.39 is 0 Å². The van der Waals surface area contributed by atoms with Crippen LogP contribution in [-0.2, 0) is 4.79 Å². The summed E-state index contributed by atoms with van der Waals surface area (Å²) in [6, 6.07) is 15.8. The number of benzene rings is 2. The molecular weight excluding hydrogens is 407 g/mol. The van der Waals surface area contributed by atoms with E-state index in [0.29, 0.717) is 12.3 Å². The quantitative estimate of drug-likeness (QED) is 0.672. The van der Waals surface area contributed by atoms with Crippen LogP contribution in [0.25, 0.3) is 5.57 Å². The van der Waals surface area contributed by atoms with Gasteiger partial charge in [0.15, 0.2) is 0 Å². The maximum Gasteiger partial charge on any atom is 0.227 e. The molecule has 1 unspecified atom stereocenters. The van der Waals surface area contributed by atoms with Crippen molar-refractivity contribution in [3.63, 3.8) is 0 Å². The predicted octanol–water partition coefficient (Wildman–Crippen LogP) is 4.91. The number of nitrogens with zero attached hydrogens (tertiary/aromatic N) is 2. The first kappa shape index (κ1) is 21.7. The van der Waals surface area contributed by atoms with Crippen molar-refractivity contribution in [1.29, 1.82) is 0 Å². The van der Waals surface area contributed by atoms with Crippen LogP contribution in [0, 0.1) is 5.92 Å². The van der Waals surface area contributed by atoms with Crippen LogP contribution in [0.3, 0.4) is 0 Å². The molecule has 2 aliphatic rings. The highest BCUT2D eigenvalue weighted by Crippen LogP contribution is 2.29. The molecule has 0 spiro atoms. The molecule has 4 nitrogen and oxygen atoms in total. The lowest BCUT2D eigenvalue weighted by Crippen LogP contribution is -2.34. The molecule has 2 heterocycles. The Kier molecular flexibility index (Phi) is 7.23. The van der Waals surface area contributed by atoms with Gasteiger partial charge >= 0.3 is 0 Å². The number of anilines is 1. The van der Waals surface area contributed by atoms with E-state index in [0.717, 1.165) is 49.1 Å². The highest BCUT2D eigenvalue weighted by molar-refractivity contribution is 6.30. The van der Waals surface area contributed by atoms with Crippen LogP contribution in [0.1, 0.15) is 18.4 Å². The van der Waals surface area contributed by atoms with E-state index in [1.165, 1.54) is 11.1 Å². The van der Waals surface area contributed by atoms with Crippen molar-refractivity contribution in [1.82, 2.24) is 4.90 Å². The number of amides is 1. The molecule has 0 aromatic heterocycles. The number of hydrogen-bond acceptors (Lipinski definition) is 3. The van der Waals surface area contributed by atoms with E-state index in [1.807, 2.05) is 41.3 Å². The first-order valence-electron chi connectivity index (χ1n) is 9.74. The van der Waals surface area contributed by atoms with Crippen LogP contribution < -0.4 is 9.64 Å². The van der Waals surface area contributed by atoms with E-state index in [2.05, 4.69) is 23.1 Å². The fourth-order valence-electron chi connectivity index (χ4n) is 4.08. The molecule has 0 N–H and O–H groups in total. The smallest absolute Gasteiger partial charge is 0.227 e. The second kappa shape index (κ2) is 9.66. The molecule has 0 aliphatic carbocycles. The zero-order chi connectivity index (χ0) is 19.5. The number of carbonyl (C=O) groups is 1. The van der Waals surface area contributed by atoms with E-state index in [-0.39, 0.29) is 18.3 Å². The third kappa shape index (κ3) is 5.13. The third-order valence-electron chi connectivity index (χ3n) is 5.61. The molecule has 0 bridgehead atoms. The predicted molar refractivity (Wildman–Crippen MR) is 121 cm³/mol. The van der Waals surface area contributed by atoms with Crippen LogP contribution in [0.15, 0.2) is 54.6 Å². The lowest BCUT2D eigenvalue weighted by atomic mass is 9.98. The lowest BCUT2D eigenvalue weighted by Gasteiger charge is -2.28. The number of ether oxygens (including phenoxy) is 1. The van der Waals surface area contributed by atoms with Crippen molar-refractivity contribution in [3.05, 3.63) is 65.2 Å². The maximum atomic E-state index is 12.5. The summed E-state index contributed by atoms with van der Waals surface area (Å²) in [5.41, 5.74) is 3.60. The first-order chi connectivity index (χ1) is 13.6. The van der Waals surface area contributed by atoms with E-state index in [9.17, 15) is 4.79 Å². The van der Waals surface area contributed by atoms with Gasteiger partial charge in [0, 0.05) is 43.3 Å². The van der Waals surface area contributed by atoms with Gasteiger partial charge in [-0.2, -0.15) is 0 Å². The summed E-state index contributed by atoms with van der Waals surface area (Å²) in [7, 11) is 1.65. The Bertz CT molecular complexity index is 865. The molecule has 2 aromatic rings. The van der Waals surface area contributed by atoms with Crippen molar-refractivity contribution in [2.75, 3.05) is 38.2 Å². The Balaban J connectivity index is 0.00000240. The highest BCUT2D eigenvalue weighted by Gasteiger charge is 2.32. The van der Waals surface area contributed by atoms with Gasteiger partial charge in [-0.25, -0.2) is 0 Å². The second-order valence-corrected chi connectivity index (χ2v) is 7.95. The summed E-state index contributed by atoms with van der Waals surface area (Å²) in [5.74, 6) is 1.40. The number of hydrogen-bond donors (Lipinski definition) is 0. The molecule has 1 amide bonds. The summed E-state index contributed by atoms with van der Waals surface area (Å²) < 4.78 is 5.20. The minimum atomic E-state index is 0. The van der Waals surface area contributed by atoms with Crippen molar-refractivity contribution < 1.29 is 9.53 Å². The molecule has 29 heavy (non-hydrogen) atoms. The van der Waals surface area contributed by atoms with Gasteiger partial charge in [-0.3, -0.25) is 9.69 Å². The van der Waals surface area contributed by atoms with Crippen LogP contribution in [0.2, 0.25) is 5.02 Å². The normalized spacial score (nSPS) is 19.7. The molecule has 0 saturated carbocycles. The highest BCUT2D eigenvalue weighted by atomic mass is 35.5. The van der Waals surface area contributed by atoms with Crippen molar-refractivity contribution >= 4 is 41.2 Å². The largest absolute Gasteiger partial charge is 0.497 e. The van der Waals surface area contributed by atoms with E-state index in [1.54, 1.807) is 7.11 Å². The van der Waals surface area contributed by atoms with Gasteiger partial charge in [0.05, 0.1) is 7.11 Å². The van der Waals surface area contributed by atoms with E-state index >= 15 is 0 Å². The van der Waals surface area contributed by atoms with Crippen molar-refractivity contribution in [3.8, 4) is 5.75 Å². The molecule has 2 aromatic carbocycles. The second-order valence-electron chi connectivity index (χ2n) is 7.52. The fourth-order valence-corrected chi connectivity index (χ4v) is 4.21.